The number of ether oxygens (including phenoxy) is 1. The molecule has 6 heteroatoms. The topological polar surface area (TPSA) is 58.5 Å². The monoisotopic (exact) mass is 257 g/mol. The predicted molar refractivity (Wildman–Crippen MR) is 65.3 cm³/mol. The Morgan fingerprint density at radius 2 is 2.35 bits per heavy atom. The summed E-state index contributed by atoms with van der Waals surface area (Å²) in [6, 6.07) is 0. The molecule has 1 aromatic rings. The molecule has 0 radical (unpaired) electrons. The zero-order valence-corrected chi connectivity index (χ0v) is 10.7. The molecule has 1 saturated heterocycles. The molecule has 0 bridgehead atoms. The molecule has 94 valence electrons. The van der Waals surface area contributed by atoms with Crippen molar-refractivity contribution in [1.29, 1.82) is 0 Å². The Morgan fingerprint density at radius 1 is 1.59 bits per heavy atom. The molecule has 0 aliphatic carbocycles. The normalized spacial score (nSPS) is 23.8. The highest BCUT2D eigenvalue weighted by molar-refractivity contribution is 6.29. The van der Waals surface area contributed by atoms with Crippen LogP contribution in [0.2, 0.25) is 5.15 Å². The molecule has 1 unspecified atom stereocenters. The van der Waals surface area contributed by atoms with Gasteiger partial charge < -0.3 is 14.7 Å². The molecular formula is C11H16ClN3O2. The quantitative estimate of drug-likeness (QED) is 0.860. The smallest absolute Gasteiger partial charge is 0.149 e. The van der Waals surface area contributed by atoms with Gasteiger partial charge in [0, 0.05) is 13.1 Å². The molecule has 1 aliphatic rings. The van der Waals surface area contributed by atoms with Crippen molar-refractivity contribution in [3.8, 4) is 0 Å². The number of aromatic nitrogens is 2. The molecule has 0 aromatic carbocycles. The highest BCUT2D eigenvalue weighted by Gasteiger charge is 2.33. The van der Waals surface area contributed by atoms with Crippen LogP contribution in [0.5, 0.6) is 0 Å². The number of hydrogen-bond donors (Lipinski definition) is 1. The first-order valence-corrected chi connectivity index (χ1v) is 5.89. The Kier molecular flexibility index (Phi) is 3.51. The van der Waals surface area contributed by atoms with Crippen molar-refractivity contribution in [3.05, 3.63) is 17.5 Å². The summed E-state index contributed by atoms with van der Waals surface area (Å²) in [5.41, 5.74) is -0.324. The highest BCUT2D eigenvalue weighted by atomic mass is 35.5. The average Bonchev–Trinajstić information content (AvgIpc) is 2.27. The van der Waals surface area contributed by atoms with E-state index in [1.807, 2.05) is 18.7 Å². The Balaban J connectivity index is 2.20. The molecular weight excluding hydrogens is 242 g/mol. The van der Waals surface area contributed by atoms with Crippen LogP contribution >= 0.6 is 11.6 Å². The van der Waals surface area contributed by atoms with Crippen molar-refractivity contribution in [1.82, 2.24) is 9.97 Å². The van der Waals surface area contributed by atoms with E-state index in [1.165, 1.54) is 6.20 Å². The number of rotatable bonds is 2. The standard InChI is InChI=1S/C11H16ClN3O2/c1-11(2)7-15(5-8(6-16)17-11)10-4-13-3-9(12)14-10/h3-4,8,16H,5-7H2,1-2H3. The van der Waals surface area contributed by atoms with Crippen LogP contribution in [0.25, 0.3) is 0 Å². The van der Waals surface area contributed by atoms with Gasteiger partial charge in [-0.25, -0.2) is 4.98 Å². The molecule has 1 fully saturated rings. The van der Waals surface area contributed by atoms with Gasteiger partial charge in [0.2, 0.25) is 0 Å². The molecule has 0 spiro atoms. The largest absolute Gasteiger partial charge is 0.394 e. The SMILES string of the molecule is CC1(C)CN(c2cncc(Cl)n2)CC(CO)O1. The van der Waals surface area contributed by atoms with E-state index in [9.17, 15) is 5.11 Å². The second-order valence-electron chi connectivity index (χ2n) is 4.76. The lowest BCUT2D eigenvalue weighted by atomic mass is 10.1. The van der Waals surface area contributed by atoms with E-state index < -0.39 is 0 Å². The van der Waals surface area contributed by atoms with Gasteiger partial charge in [-0.05, 0) is 13.8 Å². The van der Waals surface area contributed by atoms with Gasteiger partial charge in [-0.3, -0.25) is 4.98 Å². The lowest BCUT2D eigenvalue weighted by molar-refractivity contribution is -0.101. The fourth-order valence-corrected chi connectivity index (χ4v) is 2.19. The number of nitrogens with zero attached hydrogens (tertiary/aromatic N) is 3. The second kappa shape index (κ2) is 4.76. The number of aliphatic hydroxyl groups excluding tert-OH is 1. The summed E-state index contributed by atoms with van der Waals surface area (Å²) in [6.07, 6.45) is 2.96. The summed E-state index contributed by atoms with van der Waals surface area (Å²) in [4.78, 5) is 10.3. The van der Waals surface area contributed by atoms with Crippen LogP contribution in [0.4, 0.5) is 5.82 Å². The van der Waals surface area contributed by atoms with Gasteiger partial charge in [0.25, 0.3) is 0 Å². The maximum atomic E-state index is 9.23. The minimum atomic E-state index is -0.324. The van der Waals surface area contributed by atoms with Gasteiger partial charge in [0.1, 0.15) is 11.0 Å². The summed E-state index contributed by atoms with van der Waals surface area (Å²) in [6.45, 7) is 5.25. The van der Waals surface area contributed by atoms with E-state index in [0.717, 1.165) is 0 Å². The fraction of sp³-hybridized carbons (Fsp3) is 0.636. The van der Waals surface area contributed by atoms with Gasteiger partial charge in [-0.1, -0.05) is 11.6 Å². The summed E-state index contributed by atoms with van der Waals surface area (Å²) in [5.74, 6) is 0.715. The van der Waals surface area contributed by atoms with E-state index in [2.05, 4.69) is 9.97 Å². The first-order valence-electron chi connectivity index (χ1n) is 5.51. The van der Waals surface area contributed by atoms with Crippen LogP contribution in [-0.2, 0) is 4.74 Å². The third-order valence-corrected chi connectivity index (χ3v) is 2.78. The Bertz CT molecular complexity index is 400. The predicted octanol–water partition coefficient (Wildman–Crippen LogP) is 1.11. The maximum Gasteiger partial charge on any atom is 0.149 e. The number of hydrogen-bond acceptors (Lipinski definition) is 5. The van der Waals surface area contributed by atoms with Gasteiger partial charge in [-0.2, -0.15) is 0 Å². The van der Waals surface area contributed by atoms with E-state index in [0.29, 0.717) is 24.1 Å². The third kappa shape index (κ3) is 3.06. The summed E-state index contributed by atoms with van der Waals surface area (Å²) < 4.78 is 5.73. The van der Waals surface area contributed by atoms with Gasteiger partial charge >= 0.3 is 0 Å². The summed E-state index contributed by atoms with van der Waals surface area (Å²) in [5, 5.41) is 9.60. The third-order valence-electron chi connectivity index (χ3n) is 2.60. The van der Waals surface area contributed by atoms with Crippen LogP contribution in [0.15, 0.2) is 12.4 Å². The molecule has 2 rings (SSSR count). The van der Waals surface area contributed by atoms with E-state index in [-0.39, 0.29) is 18.3 Å². The number of halogens is 1. The zero-order valence-electron chi connectivity index (χ0n) is 9.93. The highest BCUT2D eigenvalue weighted by Crippen LogP contribution is 2.24. The molecule has 17 heavy (non-hydrogen) atoms. The van der Waals surface area contributed by atoms with Crippen molar-refractivity contribution in [2.24, 2.45) is 0 Å². The van der Waals surface area contributed by atoms with Gasteiger partial charge in [0.15, 0.2) is 0 Å². The van der Waals surface area contributed by atoms with Crippen molar-refractivity contribution < 1.29 is 9.84 Å². The minimum Gasteiger partial charge on any atom is -0.394 e. The van der Waals surface area contributed by atoms with Crippen molar-refractivity contribution >= 4 is 17.4 Å². The molecule has 2 heterocycles. The number of morpholine rings is 1. The summed E-state index contributed by atoms with van der Waals surface area (Å²) >= 11 is 5.82. The number of aliphatic hydroxyl groups is 1. The van der Waals surface area contributed by atoms with Crippen LogP contribution in [0.3, 0.4) is 0 Å². The van der Waals surface area contributed by atoms with Crippen LogP contribution in [-0.4, -0.2) is 46.5 Å². The lowest BCUT2D eigenvalue weighted by Crippen LogP contribution is -2.54. The second-order valence-corrected chi connectivity index (χ2v) is 5.15. The van der Waals surface area contributed by atoms with Gasteiger partial charge in [0.05, 0.1) is 30.7 Å². The van der Waals surface area contributed by atoms with Crippen molar-refractivity contribution in [2.75, 3.05) is 24.6 Å². The minimum absolute atomic E-state index is 0.00603. The van der Waals surface area contributed by atoms with Crippen LogP contribution in [0.1, 0.15) is 13.8 Å². The average molecular weight is 258 g/mol. The molecule has 0 amide bonds. The molecule has 1 N–H and O–H groups in total. The molecule has 5 nitrogen and oxygen atoms in total. The van der Waals surface area contributed by atoms with E-state index in [1.54, 1.807) is 6.20 Å². The lowest BCUT2D eigenvalue weighted by Gasteiger charge is -2.42. The van der Waals surface area contributed by atoms with E-state index in [4.69, 9.17) is 16.3 Å². The Hall–Kier alpha value is -0.910. The Morgan fingerprint density at radius 3 is 3.00 bits per heavy atom. The van der Waals surface area contributed by atoms with Crippen molar-refractivity contribution in [2.45, 2.75) is 25.6 Å². The summed E-state index contributed by atoms with van der Waals surface area (Å²) in [7, 11) is 0. The Labute approximate surface area is 105 Å². The first kappa shape index (κ1) is 12.5. The fourth-order valence-electron chi connectivity index (χ4n) is 2.05. The molecule has 1 aromatic heterocycles. The van der Waals surface area contributed by atoms with Crippen LogP contribution in [0, 0.1) is 0 Å². The zero-order chi connectivity index (χ0) is 12.5. The van der Waals surface area contributed by atoms with Gasteiger partial charge in [-0.15, -0.1) is 0 Å². The van der Waals surface area contributed by atoms with Crippen molar-refractivity contribution in [3.63, 3.8) is 0 Å². The molecule has 1 atom stereocenters. The van der Waals surface area contributed by atoms with E-state index >= 15 is 0 Å². The molecule has 0 saturated carbocycles. The molecule has 1 aliphatic heterocycles. The maximum absolute atomic E-state index is 9.23. The van der Waals surface area contributed by atoms with Crippen LogP contribution < -0.4 is 4.90 Å². The first-order chi connectivity index (χ1) is 8.00. The number of anilines is 1.